The largest absolute Gasteiger partial charge is 0.477 e. The molecular formula is C101H178N4O45. The van der Waals surface area contributed by atoms with Gasteiger partial charge in [0, 0.05) is 33.6 Å². The summed E-state index contributed by atoms with van der Waals surface area (Å²) in [5.41, 5.74) is 0. The molecule has 43 atom stereocenters. The van der Waals surface area contributed by atoms with Crippen molar-refractivity contribution in [1.29, 1.82) is 0 Å². The first-order valence-corrected chi connectivity index (χ1v) is 54.1. The molecule has 49 nitrogen and oxygen atoms in total. The van der Waals surface area contributed by atoms with Crippen molar-refractivity contribution in [1.82, 2.24) is 21.3 Å². The zero-order valence-corrected chi connectivity index (χ0v) is 87.3. The van der Waals surface area contributed by atoms with Crippen LogP contribution in [0.25, 0.3) is 0 Å². The fourth-order valence-corrected chi connectivity index (χ4v) is 20.2. The van der Waals surface area contributed by atoms with Crippen molar-refractivity contribution in [2.45, 2.75) is 529 Å². The molecule has 49 heteroatoms. The van der Waals surface area contributed by atoms with Crippen LogP contribution in [0.1, 0.15) is 266 Å². The van der Waals surface area contributed by atoms with Crippen LogP contribution in [-0.4, -0.2) is 468 Å². The van der Waals surface area contributed by atoms with Crippen LogP contribution in [0.15, 0.2) is 24.3 Å². The van der Waals surface area contributed by atoms with Gasteiger partial charge in [-0.3, -0.25) is 19.2 Å². The highest BCUT2D eigenvalue weighted by Crippen LogP contribution is 2.43. The third-order valence-electron chi connectivity index (χ3n) is 28.9. The fraction of sp³-hybridized carbons (Fsp3) is 0.911. The number of hydrogen-bond acceptors (Lipinski definition) is 44. The Balaban J connectivity index is 0.935. The van der Waals surface area contributed by atoms with E-state index >= 15 is 0 Å². The van der Waals surface area contributed by atoms with E-state index in [0.29, 0.717) is 12.8 Å². The van der Waals surface area contributed by atoms with Crippen molar-refractivity contribution in [3.63, 3.8) is 0 Å². The predicted octanol–water partition coefficient (Wildman–Crippen LogP) is -3.50. The van der Waals surface area contributed by atoms with Gasteiger partial charge in [0.25, 0.3) is 5.79 Å². The normalized spacial score (nSPS) is 37.4. The SMILES string of the molecule is CCCCCCCC/C=C\CCCCCCCCCCCCCCCC(=O)N[C@@H](CO[C@@H]1OC(CO)[C@@H](O[C@@H]2OC(CO)[C@H](O)[C@H](O[C@@H]3OC(CO)[C@@H](O[C@@H]4OC(CO)[C@H](O)[C@H](O[C@@H]5OC(CO)[C@@H](O[C@@H]6OC(CO)[C@H](O)[C@H](O[C@]7(C(=O)O)CC(O)[C@@H](NC(C)=O)C([C@H](O)[C@H](O)CO)O7)C6O)[C@H](O[C@H]6OC(C)[C@@H](O)C(O)[C@@H]6O)C5NC(C)=O)C4O)[C@H](O)C3NC(C)=O)C2O)[C@H](O)C1O)[C@H](O)/C=C/CCCCCCCCCCCCC. The molecule has 28 N–H and O–H groups in total. The van der Waals surface area contributed by atoms with E-state index in [4.69, 9.17) is 75.8 Å². The number of carboxylic acids is 1. The number of aliphatic hydroxyl groups excluding tert-OH is 23. The van der Waals surface area contributed by atoms with Crippen molar-refractivity contribution in [3.8, 4) is 0 Å². The van der Waals surface area contributed by atoms with Crippen LogP contribution in [-0.2, 0) is 99.8 Å². The smallest absolute Gasteiger partial charge is 0.364 e. The minimum absolute atomic E-state index is 0.138. The molecule has 0 aromatic carbocycles. The number of amides is 4. The number of ether oxygens (including phenoxy) is 16. The number of carbonyl (C=O) groups is 5. The Hall–Kier alpha value is -4.73. The van der Waals surface area contributed by atoms with Crippen LogP contribution >= 0.6 is 0 Å². The Bertz CT molecular complexity index is 3830. The standard InChI is InChI=1S/C101H178N4O45/c1-7-9-11-13-15-17-19-21-22-23-24-25-26-27-28-29-30-32-34-36-38-40-42-44-68(119)105-58(59(116)43-41-39-37-35-33-31-20-18-16-14-12-10-8-2)53-135-95-81(129)79(127)86(66(51-111)142-95)144-98-82(130)90(74(122)62(47-107)138-98)147-93-70(103-56(5)114)77(125)85(65(50-110)140-93)143-97-83(131)91(75(123)63(48-108)137-97)148-94-71(104-57(6)115)89(146-96-80(128)78(126)72(120)54(3)136-96)87(67(52-112)141-94)145-99-84(132)92(76(124)64(49-109)139-99)150-101(100(133)134)45-60(117)69(102-55(4)113)88(149-101)73(121)61(118)46-106/h21-22,41,43,54,58-67,69-99,106-112,116-118,120-132H,7-20,23-40,42,44-53H2,1-6H3,(H,102,113)(H,103,114)(H,104,115)(H,105,119)(H,133,134)/b22-21-,43-41+/t54?,58-,59+,60?,61+,62?,63?,64?,65?,66?,67?,69+,70?,71?,72+,73+,74-,75-,76-,77+,78?,79+,80-,81?,82?,83?,84?,85+,86+,87+,88?,89+,90-,91-,92-,93-,94-,95+,96+,97-,98-,99-,101-/m0/s1. The number of nitrogens with one attached hydrogen (secondary N) is 4. The summed E-state index contributed by atoms with van der Waals surface area (Å²) in [6.07, 6.45) is -35.2. The van der Waals surface area contributed by atoms with Gasteiger partial charge in [0.1, 0.15) is 183 Å². The van der Waals surface area contributed by atoms with Crippen LogP contribution in [0.5, 0.6) is 0 Å². The minimum atomic E-state index is -3.33. The molecular weight excluding hydrogens is 1990 g/mol. The lowest BCUT2D eigenvalue weighted by molar-refractivity contribution is -0.400. The van der Waals surface area contributed by atoms with Gasteiger partial charge in [-0.1, -0.05) is 205 Å². The molecule has 0 saturated carbocycles. The second kappa shape index (κ2) is 67.6. The molecule has 16 unspecified atom stereocenters. The average Bonchev–Trinajstić information content (AvgIpc) is 0.734. The average molecular weight is 2170 g/mol. The number of unbranched alkanes of at least 4 members (excludes halogenated alkanes) is 30. The van der Waals surface area contributed by atoms with Gasteiger partial charge >= 0.3 is 5.97 Å². The zero-order chi connectivity index (χ0) is 110. The number of carbonyl (C=O) groups excluding carboxylic acids is 4. The van der Waals surface area contributed by atoms with Gasteiger partial charge in [-0.05, 0) is 51.9 Å². The monoisotopic (exact) mass is 2170 g/mol. The molecule has 8 aliphatic rings. The van der Waals surface area contributed by atoms with Gasteiger partial charge in [0.15, 0.2) is 44.0 Å². The van der Waals surface area contributed by atoms with E-state index in [9.17, 15) is 147 Å². The molecule has 0 spiro atoms. The first kappa shape index (κ1) is 130. The lowest BCUT2D eigenvalue weighted by atomic mass is 9.88. The van der Waals surface area contributed by atoms with E-state index in [-0.39, 0.29) is 12.3 Å². The van der Waals surface area contributed by atoms with E-state index in [2.05, 4.69) is 47.3 Å². The summed E-state index contributed by atoms with van der Waals surface area (Å²) in [7, 11) is 0. The van der Waals surface area contributed by atoms with Crippen LogP contribution < -0.4 is 21.3 Å². The van der Waals surface area contributed by atoms with Crippen LogP contribution in [0.3, 0.4) is 0 Å². The Kier molecular flexibility index (Phi) is 58.8. The number of allylic oxidation sites excluding steroid dienone is 3. The highest BCUT2D eigenvalue weighted by atomic mass is 16.8. The van der Waals surface area contributed by atoms with Crippen LogP contribution in [0, 0.1) is 0 Å². The van der Waals surface area contributed by atoms with Crippen LogP contribution in [0.2, 0.25) is 0 Å². The van der Waals surface area contributed by atoms with Crippen LogP contribution in [0.4, 0.5) is 0 Å². The fourth-order valence-electron chi connectivity index (χ4n) is 20.2. The summed E-state index contributed by atoms with van der Waals surface area (Å²) in [4.78, 5) is 66.4. The first-order valence-electron chi connectivity index (χ1n) is 54.1. The highest BCUT2D eigenvalue weighted by Gasteiger charge is 2.64. The van der Waals surface area contributed by atoms with E-state index in [1.54, 1.807) is 6.08 Å². The number of hydrogen-bond donors (Lipinski definition) is 28. The molecule has 0 aromatic rings. The molecule has 0 aliphatic carbocycles. The molecule has 0 bridgehead atoms. The zero-order valence-electron chi connectivity index (χ0n) is 87.3. The minimum Gasteiger partial charge on any atom is -0.477 e. The third-order valence-corrected chi connectivity index (χ3v) is 28.9. The summed E-state index contributed by atoms with van der Waals surface area (Å²) >= 11 is 0. The van der Waals surface area contributed by atoms with Gasteiger partial charge in [-0.15, -0.1) is 0 Å². The first-order chi connectivity index (χ1) is 71.8. The van der Waals surface area contributed by atoms with Crippen molar-refractivity contribution in [3.05, 3.63) is 24.3 Å². The maximum absolute atomic E-state index is 13.7. The molecule has 8 heterocycles. The molecule has 150 heavy (non-hydrogen) atoms. The maximum Gasteiger partial charge on any atom is 0.364 e. The van der Waals surface area contributed by atoms with Gasteiger partial charge in [-0.25, -0.2) is 4.79 Å². The Morgan fingerprint density at radius 1 is 0.360 bits per heavy atom. The molecule has 0 aromatic heterocycles. The van der Waals surface area contributed by atoms with Crippen molar-refractivity contribution in [2.24, 2.45) is 0 Å². The summed E-state index contributed by atoms with van der Waals surface area (Å²) < 4.78 is 96.6. The molecule has 8 fully saturated rings. The number of aliphatic carboxylic acids is 1. The lowest BCUT2D eigenvalue weighted by Gasteiger charge is -2.52. The van der Waals surface area contributed by atoms with Gasteiger partial charge in [0.2, 0.25) is 23.6 Å². The summed E-state index contributed by atoms with van der Waals surface area (Å²) in [6, 6.07) is -6.93. The molecule has 0 radical (unpaired) electrons. The summed E-state index contributed by atoms with van der Waals surface area (Å²) in [6.45, 7) is -0.194. The van der Waals surface area contributed by atoms with E-state index in [1.807, 2.05) is 6.08 Å². The number of aliphatic hydroxyl groups is 23. The van der Waals surface area contributed by atoms with Crippen molar-refractivity contribution < 1.29 is 222 Å². The van der Waals surface area contributed by atoms with E-state index in [1.165, 1.54) is 142 Å². The Morgan fingerprint density at radius 2 is 0.713 bits per heavy atom. The second-order valence-corrected chi connectivity index (χ2v) is 40.9. The molecule has 872 valence electrons. The Labute approximate surface area is 876 Å². The topological polar surface area (TPSA) is 767 Å². The van der Waals surface area contributed by atoms with Crippen molar-refractivity contribution in [2.75, 3.05) is 52.9 Å². The predicted molar refractivity (Wildman–Crippen MR) is 523 cm³/mol. The second-order valence-electron chi connectivity index (χ2n) is 40.9. The Morgan fingerprint density at radius 3 is 1.15 bits per heavy atom. The van der Waals surface area contributed by atoms with E-state index < -0.39 is 346 Å². The quantitative estimate of drug-likeness (QED) is 0.0207. The maximum atomic E-state index is 13.7. The number of carboxylic acid groups (broad SMARTS) is 1. The van der Waals surface area contributed by atoms with Gasteiger partial charge in [-0.2, -0.15) is 0 Å². The molecule has 8 rings (SSSR count). The molecule has 8 saturated heterocycles. The highest BCUT2D eigenvalue weighted by molar-refractivity contribution is 5.77. The number of rotatable bonds is 68. The lowest BCUT2D eigenvalue weighted by Crippen LogP contribution is -2.72. The van der Waals surface area contributed by atoms with Gasteiger partial charge < -0.3 is 220 Å². The molecule has 4 amide bonds. The summed E-state index contributed by atoms with van der Waals surface area (Å²) in [5.74, 6) is -8.71. The summed E-state index contributed by atoms with van der Waals surface area (Å²) in [5, 5.41) is 283. The third kappa shape index (κ3) is 38.3. The molecule has 8 aliphatic heterocycles. The van der Waals surface area contributed by atoms with Gasteiger partial charge in [0.05, 0.1) is 83.3 Å². The van der Waals surface area contributed by atoms with E-state index in [0.717, 1.165) is 85.0 Å². The van der Waals surface area contributed by atoms with Crippen molar-refractivity contribution >= 4 is 29.6 Å².